The van der Waals surface area contributed by atoms with Crippen LogP contribution < -0.4 is 11.2 Å². The minimum atomic E-state index is -4.23. The first-order chi connectivity index (χ1) is 15.3. The van der Waals surface area contributed by atoms with Crippen molar-refractivity contribution in [3.8, 4) is 0 Å². The van der Waals surface area contributed by atoms with Crippen molar-refractivity contribution < 1.29 is 38.0 Å². The molecule has 12 nitrogen and oxygen atoms in total. The second kappa shape index (κ2) is 11.8. The number of aromatic nitrogens is 2. The predicted molar refractivity (Wildman–Crippen MR) is 124 cm³/mol. The molecule has 0 aliphatic carbocycles. The number of hydrogen-bond acceptors (Lipinski definition) is 8. The molecule has 0 radical (unpaired) electrons. The highest BCUT2D eigenvalue weighted by Crippen LogP contribution is 2.52. The van der Waals surface area contributed by atoms with E-state index in [0.29, 0.717) is 0 Å². The number of aryl methyl sites for hydroxylation is 1. The lowest BCUT2D eigenvalue weighted by atomic mass is 10.1. The van der Waals surface area contributed by atoms with E-state index in [2.05, 4.69) is 4.98 Å². The van der Waals surface area contributed by atoms with E-state index in [1.165, 1.54) is 24.8 Å². The summed E-state index contributed by atoms with van der Waals surface area (Å²) in [7, 11) is -2.74. The van der Waals surface area contributed by atoms with Crippen LogP contribution in [0, 0.1) is 6.92 Å². The number of rotatable bonds is 12. The van der Waals surface area contributed by atoms with Gasteiger partial charge >= 0.3 is 13.3 Å². The summed E-state index contributed by atoms with van der Waals surface area (Å²) >= 11 is 5.30. The van der Waals surface area contributed by atoms with Gasteiger partial charge in [0.2, 0.25) is 0 Å². The Hall–Kier alpha value is -0.720. The van der Waals surface area contributed by atoms with Crippen LogP contribution in [0.2, 0.25) is 0 Å². The molecule has 1 aliphatic rings. The molecule has 190 valence electrons. The minimum Gasteiger partial charge on any atom is -0.382 e. The lowest BCUT2D eigenvalue weighted by Gasteiger charge is -2.30. The number of ether oxygens (including phenoxy) is 3. The van der Waals surface area contributed by atoms with Crippen LogP contribution in [0.15, 0.2) is 15.8 Å². The van der Waals surface area contributed by atoms with Crippen molar-refractivity contribution in [1.29, 1.82) is 0 Å². The molecule has 1 aromatic heterocycles. The second-order valence-electron chi connectivity index (χ2n) is 8.13. The summed E-state index contributed by atoms with van der Waals surface area (Å²) in [5.74, 6) is 0. The SMILES string of the molecule is COCCO[C@@H]1C(OP(O)(=S)C(C)C)[C@@H](CCCP(=O)(O)O)O[C@H]1n1cc(C)c(=O)[nH]c1=O. The number of H-pyrrole nitrogens is 1. The fourth-order valence-electron chi connectivity index (χ4n) is 3.31. The number of nitrogens with zero attached hydrogens (tertiary/aromatic N) is 1. The maximum Gasteiger partial charge on any atom is 0.330 e. The molecular formula is C18H32N2O10P2S. The molecule has 0 aromatic carbocycles. The molecular weight excluding hydrogens is 498 g/mol. The Bertz CT molecular complexity index is 1010. The highest BCUT2D eigenvalue weighted by Gasteiger charge is 2.49. The highest BCUT2D eigenvalue weighted by atomic mass is 32.5. The third kappa shape index (κ3) is 7.90. The number of nitrogens with one attached hydrogen (secondary N) is 1. The first-order valence-corrected chi connectivity index (χ1v) is 14.9. The Balaban J connectivity index is 2.45. The standard InChI is InChI=1S/C18H32N2O10P2S/c1-11(2)32(26,33)30-14-13(6-5-9-31(23,24)25)29-17(15(14)28-8-7-27-4)20-10-12(3)16(21)19-18(20)22/h10-11,13-15,17H,5-9H2,1-4H3,(H,26,33)(H,19,21,22)(H2,23,24,25)/t13-,14?,15-,17-,32?/m1/s1. The van der Waals surface area contributed by atoms with Crippen molar-refractivity contribution in [3.05, 3.63) is 32.6 Å². The summed E-state index contributed by atoms with van der Waals surface area (Å²) in [6, 6.07) is 0. The maximum atomic E-state index is 12.5. The van der Waals surface area contributed by atoms with Gasteiger partial charge in [0.1, 0.15) is 12.2 Å². The van der Waals surface area contributed by atoms with E-state index < -0.39 is 49.9 Å². The molecule has 1 fully saturated rings. The van der Waals surface area contributed by atoms with Gasteiger partial charge in [-0.25, -0.2) is 4.79 Å². The molecule has 0 amide bonds. The number of hydrogen-bond donors (Lipinski definition) is 4. The molecule has 0 spiro atoms. The van der Waals surface area contributed by atoms with E-state index >= 15 is 0 Å². The summed E-state index contributed by atoms with van der Waals surface area (Å²) in [6.45, 7) is 2.01. The average Bonchev–Trinajstić information content (AvgIpc) is 3.00. The lowest BCUT2D eigenvalue weighted by molar-refractivity contribution is -0.0783. The van der Waals surface area contributed by atoms with Crippen LogP contribution in [0.5, 0.6) is 0 Å². The second-order valence-corrected chi connectivity index (χ2v) is 13.8. The van der Waals surface area contributed by atoms with Crippen molar-refractivity contribution in [1.82, 2.24) is 9.55 Å². The molecule has 33 heavy (non-hydrogen) atoms. The van der Waals surface area contributed by atoms with E-state index in [-0.39, 0.29) is 43.4 Å². The predicted octanol–water partition coefficient (Wildman–Crippen LogP) is 0.827. The van der Waals surface area contributed by atoms with Crippen LogP contribution >= 0.6 is 14.1 Å². The molecule has 1 aromatic rings. The monoisotopic (exact) mass is 530 g/mol. The van der Waals surface area contributed by atoms with Gasteiger partial charge in [-0.15, -0.1) is 0 Å². The van der Waals surface area contributed by atoms with Gasteiger partial charge in [0.05, 0.1) is 19.3 Å². The van der Waals surface area contributed by atoms with Crippen LogP contribution in [0.4, 0.5) is 0 Å². The maximum absolute atomic E-state index is 12.5. The molecule has 1 aliphatic heterocycles. The van der Waals surface area contributed by atoms with Gasteiger partial charge in [0.15, 0.2) is 12.7 Å². The zero-order chi connectivity index (χ0) is 25.0. The van der Waals surface area contributed by atoms with E-state index in [4.69, 9.17) is 30.5 Å². The number of methoxy groups -OCH3 is 1. The lowest BCUT2D eigenvalue weighted by Crippen LogP contribution is -2.41. The topological polar surface area (TPSA) is 170 Å². The van der Waals surface area contributed by atoms with E-state index in [9.17, 15) is 28.8 Å². The molecule has 0 bridgehead atoms. The summed E-state index contributed by atoms with van der Waals surface area (Å²) < 4.78 is 35.5. The molecule has 2 unspecified atom stereocenters. The van der Waals surface area contributed by atoms with Crippen LogP contribution in [0.25, 0.3) is 0 Å². The van der Waals surface area contributed by atoms with Crippen LogP contribution in [0.1, 0.15) is 38.5 Å². The third-order valence-corrected chi connectivity index (χ3v) is 9.44. The fraction of sp³-hybridized carbons (Fsp3) is 0.778. The summed E-state index contributed by atoms with van der Waals surface area (Å²) in [4.78, 5) is 55.7. The Kier molecular flexibility index (Phi) is 10.2. The Labute approximate surface area is 196 Å². The summed E-state index contributed by atoms with van der Waals surface area (Å²) in [6.07, 6.45) is -2.46. The summed E-state index contributed by atoms with van der Waals surface area (Å²) in [5.41, 5.74) is -1.37. The Morgan fingerprint density at radius 3 is 2.48 bits per heavy atom. The molecule has 4 N–H and O–H groups in total. The first-order valence-electron chi connectivity index (χ1n) is 10.4. The van der Waals surface area contributed by atoms with Gasteiger partial charge < -0.3 is 33.4 Å². The molecule has 2 heterocycles. The van der Waals surface area contributed by atoms with Gasteiger partial charge in [-0.2, -0.15) is 0 Å². The minimum absolute atomic E-state index is 0.0991. The van der Waals surface area contributed by atoms with Gasteiger partial charge in [-0.05, 0) is 31.6 Å². The van der Waals surface area contributed by atoms with Crippen LogP contribution in [0.3, 0.4) is 0 Å². The molecule has 5 atom stereocenters. The highest BCUT2D eigenvalue weighted by molar-refractivity contribution is 8.09. The molecule has 0 saturated carbocycles. The van der Waals surface area contributed by atoms with Crippen molar-refractivity contribution >= 4 is 25.9 Å². The van der Waals surface area contributed by atoms with Gasteiger partial charge in [-0.3, -0.25) is 18.9 Å². The third-order valence-electron chi connectivity index (χ3n) is 5.17. The van der Waals surface area contributed by atoms with Gasteiger partial charge in [0.25, 0.3) is 5.56 Å². The van der Waals surface area contributed by atoms with Crippen molar-refractivity contribution in [2.45, 2.75) is 63.8 Å². The smallest absolute Gasteiger partial charge is 0.330 e. The van der Waals surface area contributed by atoms with Crippen LogP contribution in [-0.2, 0) is 35.1 Å². The average molecular weight is 530 g/mol. The van der Waals surface area contributed by atoms with Crippen molar-refractivity contribution in [2.75, 3.05) is 26.5 Å². The Morgan fingerprint density at radius 2 is 1.91 bits per heavy atom. The zero-order valence-corrected chi connectivity index (χ0v) is 21.6. The molecule has 15 heteroatoms. The van der Waals surface area contributed by atoms with Crippen molar-refractivity contribution in [3.63, 3.8) is 0 Å². The van der Waals surface area contributed by atoms with Crippen LogP contribution in [-0.4, -0.2) is 74.7 Å². The van der Waals surface area contributed by atoms with Gasteiger partial charge in [-0.1, -0.05) is 13.8 Å². The van der Waals surface area contributed by atoms with E-state index in [1.807, 2.05) is 0 Å². The zero-order valence-electron chi connectivity index (χ0n) is 18.9. The molecule has 2 rings (SSSR count). The number of aromatic amines is 1. The van der Waals surface area contributed by atoms with E-state index in [1.54, 1.807) is 13.8 Å². The largest absolute Gasteiger partial charge is 0.382 e. The molecule has 1 saturated heterocycles. The van der Waals surface area contributed by atoms with Gasteiger partial charge in [0, 0.05) is 30.7 Å². The summed E-state index contributed by atoms with van der Waals surface area (Å²) in [5, 5.41) is 0. The first kappa shape index (κ1) is 28.5. The quantitative estimate of drug-likeness (QED) is 0.223. The fourth-order valence-corrected chi connectivity index (χ4v) is 5.05. The Morgan fingerprint density at radius 1 is 1.24 bits per heavy atom. The van der Waals surface area contributed by atoms with Crippen molar-refractivity contribution in [2.24, 2.45) is 0 Å². The normalized spacial score (nSPS) is 25.5. The van der Waals surface area contributed by atoms with E-state index in [0.717, 1.165) is 0 Å².